The molecule has 0 aliphatic rings. The van der Waals surface area contributed by atoms with E-state index in [9.17, 15) is 14.9 Å². The smallest absolute Gasteiger partial charge is 0.292 e. The van der Waals surface area contributed by atoms with E-state index in [1.54, 1.807) is 0 Å². The van der Waals surface area contributed by atoms with Crippen molar-refractivity contribution in [2.45, 2.75) is 6.92 Å². The highest BCUT2D eigenvalue weighted by molar-refractivity contribution is 7.10. The highest BCUT2D eigenvalue weighted by Gasteiger charge is 2.16. The summed E-state index contributed by atoms with van der Waals surface area (Å²) in [6.45, 7) is 2.34. The number of carbonyl (C=O) groups excluding carboxylic acids is 1. The fraction of sp³-hybridized carbons (Fsp3) is 0.182. The Bertz CT molecular complexity index is 629. The van der Waals surface area contributed by atoms with Crippen LogP contribution in [0.4, 0.5) is 16.4 Å². The Morgan fingerprint density at radius 3 is 2.90 bits per heavy atom. The molecule has 1 heterocycles. The van der Waals surface area contributed by atoms with Gasteiger partial charge in [-0.1, -0.05) is 4.49 Å². The predicted octanol–water partition coefficient (Wildman–Crippen LogP) is 2.13. The Labute approximate surface area is 118 Å². The molecule has 2 aromatic rings. The van der Waals surface area contributed by atoms with Crippen LogP contribution in [0, 0.1) is 10.1 Å². The SMILES string of the molecule is CCNc1cc(C(=O)Nc2cnns2)ccc1[N+](=O)[O-]. The van der Waals surface area contributed by atoms with Crippen LogP contribution in [-0.2, 0) is 0 Å². The van der Waals surface area contributed by atoms with Crippen LogP contribution < -0.4 is 10.6 Å². The van der Waals surface area contributed by atoms with Gasteiger partial charge in [0.15, 0.2) is 0 Å². The van der Waals surface area contributed by atoms with E-state index in [1.807, 2.05) is 6.92 Å². The van der Waals surface area contributed by atoms with Crippen LogP contribution in [-0.4, -0.2) is 27.0 Å². The van der Waals surface area contributed by atoms with Gasteiger partial charge in [-0.3, -0.25) is 14.9 Å². The molecule has 1 aromatic heterocycles. The molecule has 0 saturated heterocycles. The molecule has 0 bridgehead atoms. The third-order valence-electron chi connectivity index (χ3n) is 2.42. The summed E-state index contributed by atoms with van der Waals surface area (Å²) in [5, 5.41) is 20.5. The van der Waals surface area contributed by atoms with Crippen molar-refractivity contribution < 1.29 is 9.72 Å². The Balaban J connectivity index is 2.26. The Hall–Kier alpha value is -2.55. The van der Waals surface area contributed by atoms with E-state index in [0.29, 0.717) is 22.8 Å². The predicted molar refractivity (Wildman–Crippen MR) is 75.1 cm³/mol. The molecule has 0 saturated carbocycles. The van der Waals surface area contributed by atoms with Gasteiger partial charge in [0, 0.05) is 29.7 Å². The molecule has 0 atom stereocenters. The number of aromatic nitrogens is 2. The summed E-state index contributed by atoms with van der Waals surface area (Å²) >= 11 is 1.05. The van der Waals surface area contributed by atoms with Crippen molar-refractivity contribution in [3.05, 3.63) is 40.1 Å². The van der Waals surface area contributed by atoms with Gasteiger partial charge in [0.25, 0.3) is 11.6 Å². The molecule has 0 spiro atoms. The van der Waals surface area contributed by atoms with E-state index >= 15 is 0 Å². The molecule has 0 aliphatic heterocycles. The fourth-order valence-corrected chi connectivity index (χ4v) is 1.99. The van der Waals surface area contributed by atoms with E-state index in [-0.39, 0.29) is 11.6 Å². The molecule has 0 unspecified atom stereocenters. The normalized spacial score (nSPS) is 10.1. The second-order valence-electron chi connectivity index (χ2n) is 3.76. The van der Waals surface area contributed by atoms with Crippen molar-refractivity contribution in [3.63, 3.8) is 0 Å². The van der Waals surface area contributed by atoms with Crippen molar-refractivity contribution in [1.29, 1.82) is 0 Å². The number of nitro benzene ring substituents is 1. The van der Waals surface area contributed by atoms with Crippen LogP contribution in [0.25, 0.3) is 0 Å². The molecule has 1 aromatic carbocycles. The zero-order chi connectivity index (χ0) is 14.5. The van der Waals surface area contributed by atoms with Crippen molar-refractivity contribution in [2.24, 2.45) is 0 Å². The largest absolute Gasteiger partial charge is 0.380 e. The van der Waals surface area contributed by atoms with Gasteiger partial charge in [-0.05, 0) is 19.1 Å². The Kier molecular flexibility index (Phi) is 4.20. The number of nitrogens with one attached hydrogen (secondary N) is 2. The summed E-state index contributed by atoms with van der Waals surface area (Å²) in [4.78, 5) is 22.4. The Morgan fingerprint density at radius 2 is 2.30 bits per heavy atom. The lowest BCUT2D eigenvalue weighted by molar-refractivity contribution is -0.384. The van der Waals surface area contributed by atoms with Gasteiger partial charge in [0.1, 0.15) is 10.7 Å². The number of rotatable bonds is 5. The number of hydrogen-bond donors (Lipinski definition) is 2. The number of amides is 1. The van der Waals surface area contributed by atoms with Gasteiger partial charge in [0.2, 0.25) is 0 Å². The highest BCUT2D eigenvalue weighted by atomic mass is 32.1. The monoisotopic (exact) mass is 293 g/mol. The third-order valence-corrected chi connectivity index (χ3v) is 3.00. The molecule has 104 valence electrons. The van der Waals surface area contributed by atoms with Gasteiger partial charge in [-0.25, -0.2) is 0 Å². The number of hydrogen-bond acceptors (Lipinski definition) is 7. The summed E-state index contributed by atoms with van der Waals surface area (Å²) in [5.41, 5.74) is 0.565. The second kappa shape index (κ2) is 6.06. The number of nitro groups is 1. The summed E-state index contributed by atoms with van der Waals surface area (Å²) in [6.07, 6.45) is 1.43. The average Bonchev–Trinajstić information content (AvgIpc) is 2.91. The minimum atomic E-state index is -0.493. The van der Waals surface area contributed by atoms with Crippen molar-refractivity contribution in [3.8, 4) is 0 Å². The number of anilines is 2. The van der Waals surface area contributed by atoms with E-state index < -0.39 is 4.92 Å². The Morgan fingerprint density at radius 1 is 1.50 bits per heavy atom. The lowest BCUT2D eigenvalue weighted by atomic mass is 10.1. The lowest BCUT2D eigenvalue weighted by Gasteiger charge is -2.07. The zero-order valence-corrected chi connectivity index (χ0v) is 11.3. The van der Waals surface area contributed by atoms with E-state index in [4.69, 9.17) is 0 Å². The molecule has 0 aliphatic carbocycles. The summed E-state index contributed by atoms with van der Waals surface area (Å²) < 4.78 is 3.63. The first-order chi connectivity index (χ1) is 9.61. The number of nitrogens with zero attached hydrogens (tertiary/aromatic N) is 3. The third kappa shape index (κ3) is 3.06. The zero-order valence-electron chi connectivity index (χ0n) is 10.5. The van der Waals surface area contributed by atoms with Gasteiger partial charge < -0.3 is 10.6 Å². The minimum absolute atomic E-state index is 0.0668. The maximum absolute atomic E-state index is 12.0. The van der Waals surface area contributed by atoms with Gasteiger partial charge in [0.05, 0.1) is 11.1 Å². The first-order valence-electron chi connectivity index (χ1n) is 5.73. The van der Waals surface area contributed by atoms with E-state index in [0.717, 1.165) is 11.5 Å². The molecule has 2 N–H and O–H groups in total. The van der Waals surface area contributed by atoms with Crippen LogP contribution in [0.2, 0.25) is 0 Å². The van der Waals surface area contributed by atoms with Crippen molar-refractivity contribution in [1.82, 2.24) is 9.59 Å². The second-order valence-corrected chi connectivity index (χ2v) is 4.54. The summed E-state index contributed by atoms with van der Waals surface area (Å²) in [7, 11) is 0. The molecular weight excluding hydrogens is 282 g/mol. The fourth-order valence-electron chi connectivity index (χ4n) is 1.57. The van der Waals surface area contributed by atoms with E-state index in [2.05, 4.69) is 20.2 Å². The van der Waals surface area contributed by atoms with Gasteiger partial charge >= 0.3 is 0 Å². The first-order valence-corrected chi connectivity index (χ1v) is 6.50. The standard InChI is InChI=1S/C11H11N5O3S/c1-2-12-8-5-7(3-4-9(8)16(18)19)11(17)14-10-6-13-15-20-10/h3-6,12H,2H2,1H3,(H,14,17). The quantitative estimate of drug-likeness (QED) is 0.645. The molecule has 0 fully saturated rings. The number of benzene rings is 1. The minimum Gasteiger partial charge on any atom is -0.380 e. The molecule has 1 amide bonds. The molecule has 8 nitrogen and oxygen atoms in total. The van der Waals surface area contributed by atoms with Crippen LogP contribution in [0.5, 0.6) is 0 Å². The van der Waals surface area contributed by atoms with E-state index in [1.165, 1.54) is 24.4 Å². The summed E-state index contributed by atoms with van der Waals surface area (Å²) in [6, 6.07) is 4.16. The molecule has 9 heteroatoms. The summed E-state index contributed by atoms with van der Waals surface area (Å²) in [5.74, 6) is -0.370. The average molecular weight is 293 g/mol. The van der Waals surface area contributed by atoms with Crippen LogP contribution in [0.15, 0.2) is 24.4 Å². The first kappa shape index (κ1) is 13.9. The van der Waals surface area contributed by atoms with Crippen LogP contribution >= 0.6 is 11.5 Å². The molecule has 20 heavy (non-hydrogen) atoms. The lowest BCUT2D eigenvalue weighted by Crippen LogP contribution is -2.12. The maximum atomic E-state index is 12.0. The molecular formula is C11H11N5O3S. The number of carbonyl (C=O) groups is 1. The van der Waals surface area contributed by atoms with Crippen LogP contribution in [0.1, 0.15) is 17.3 Å². The molecule has 2 rings (SSSR count). The molecule has 0 radical (unpaired) electrons. The van der Waals surface area contributed by atoms with Crippen LogP contribution in [0.3, 0.4) is 0 Å². The maximum Gasteiger partial charge on any atom is 0.292 e. The topological polar surface area (TPSA) is 110 Å². The van der Waals surface area contributed by atoms with Gasteiger partial charge in [-0.15, -0.1) is 5.10 Å². The van der Waals surface area contributed by atoms with Crippen molar-refractivity contribution >= 4 is 33.8 Å². The van der Waals surface area contributed by atoms with Crippen molar-refractivity contribution in [2.75, 3.05) is 17.2 Å². The highest BCUT2D eigenvalue weighted by Crippen LogP contribution is 2.25. The van der Waals surface area contributed by atoms with Gasteiger partial charge in [-0.2, -0.15) is 0 Å².